The summed E-state index contributed by atoms with van der Waals surface area (Å²) in [5.41, 5.74) is 2.35. The van der Waals surface area contributed by atoms with E-state index in [9.17, 15) is 10.1 Å². The van der Waals surface area contributed by atoms with Crippen LogP contribution in [-0.4, -0.2) is 16.1 Å². The predicted octanol–water partition coefficient (Wildman–Crippen LogP) is 2.81. The summed E-state index contributed by atoms with van der Waals surface area (Å²) in [6.07, 6.45) is 4.07. The number of benzene rings is 1. The van der Waals surface area contributed by atoms with Crippen molar-refractivity contribution in [2.75, 3.05) is 0 Å². The Kier molecular flexibility index (Phi) is 3.23. The van der Waals surface area contributed by atoms with E-state index in [4.69, 9.17) is 4.52 Å². The van der Waals surface area contributed by atoms with Gasteiger partial charge in [-0.1, -0.05) is 17.3 Å². The summed E-state index contributed by atoms with van der Waals surface area (Å²) >= 11 is 0. The van der Waals surface area contributed by atoms with Crippen LogP contribution in [-0.2, 0) is 6.54 Å². The van der Waals surface area contributed by atoms with Gasteiger partial charge in [-0.15, -0.1) is 0 Å². The van der Waals surface area contributed by atoms with Crippen molar-refractivity contribution >= 4 is 5.69 Å². The van der Waals surface area contributed by atoms with Gasteiger partial charge in [-0.3, -0.25) is 10.1 Å². The van der Waals surface area contributed by atoms with Crippen LogP contribution < -0.4 is 5.32 Å². The lowest BCUT2D eigenvalue weighted by Crippen LogP contribution is -2.15. The second kappa shape index (κ2) is 5.05. The molecule has 1 heterocycles. The van der Waals surface area contributed by atoms with Gasteiger partial charge in [-0.2, -0.15) is 0 Å². The molecule has 0 saturated heterocycles. The molecule has 6 nitrogen and oxygen atoms in total. The summed E-state index contributed by atoms with van der Waals surface area (Å²) in [7, 11) is 0. The Labute approximate surface area is 115 Å². The van der Waals surface area contributed by atoms with Crippen LogP contribution in [0.5, 0.6) is 0 Å². The Hall–Kier alpha value is -2.21. The summed E-state index contributed by atoms with van der Waals surface area (Å²) < 4.78 is 5.27. The molecule has 1 aliphatic rings. The number of rotatable bonds is 5. The second-order valence-corrected chi connectivity index (χ2v) is 5.09. The van der Waals surface area contributed by atoms with Crippen molar-refractivity contribution in [1.82, 2.24) is 10.5 Å². The summed E-state index contributed by atoms with van der Waals surface area (Å²) in [6, 6.07) is 5.68. The lowest BCUT2D eigenvalue weighted by Gasteiger charge is -2.04. The summed E-state index contributed by atoms with van der Waals surface area (Å²) in [4.78, 5) is 10.6. The first-order valence-electron chi connectivity index (χ1n) is 6.57. The van der Waals surface area contributed by atoms with Crippen LogP contribution in [0.1, 0.15) is 24.0 Å². The zero-order valence-corrected chi connectivity index (χ0v) is 11.1. The average Bonchev–Trinajstić information content (AvgIpc) is 3.14. The molecule has 1 saturated carbocycles. The highest BCUT2D eigenvalue weighted by Gasteiger charge is 2.22. The van der Waals surface area contributed by atoms with Crippen molar-refractivity contribution in [3.8, 4) is 11.3 Å². The molecular formula is C14H15N3O3. The van der Waals surface area contributed by atoms with Crippen LogP contribution in [0.15, 0.2) is 28.9 Å². The first-order chi connectivity index (χ1) is 9.65. The zero-order valence-electron chi connectivity index (χ0n) is 11.1. The van der Waals surface area contributed by atoms with Crippen molar-refractivity contribution in [3.63, 3.8) is 0 Å². The average molecular weight is 273 g/mol. The molecular weight excluding hydrogens is 258 g/mol. The van der Waals surface area contributed by atoms with Gasteiger partial charge >= 0.3 is 0 Å². The van der Waals surface area contributed by atoms with Crippen LogP contribution >= 0.6 is 0 Å². The van der Waals surface area contributed by atoms with E-state index in [2.05, 4.69) is 10.5 Å². The second-order valence-electron chi connectivity index (χ2n) is 5.09. The van der Waals surface area contributed by atoms with E-state index in [1.54, 1.807) is 19.2 Å². The normalized spacial score (nSPS) is 14.4. The van der Waals surface area contributed by atoms with Gasteiger partial charge in [0.2, 0.25) is 0 Å². The van der Waals surface area contributed by atoms with E-state index >= 15 is 0 Å². The number of nitro groups is 1. The maximum atomic E-state index is 11.0. The number of hydrogen-bond acceptors (Lipinski definition) is 5. The van der Waals surface area contributed by atoms with Gasteiger partial charge < -0.3 is 9.84 Å². The fourth-order valence-corrected chi connectivity index (χ4v) is 2.11. The van der Waals surface area contributed by atoms with Gasteiger partial charge in [0.15, 0.2) is 5.76 Å². The lowest BCUT2D eigenvalue weighted by atomic mass is 10.1. The van der Waals surface area contributed by atoms with Crippen molar-refractivity contribution < 1.29 is 9.45 Å². The molecule has 0 atom stereocenters. The number of hydrogen-bond donors (Lipinski definition) is 1. The Balaban J connectivity index is 1.90. The number of nitrogens with zero attached hydrogens (tertiary/aromatic N) is 2. The van der Waals surface area contributed by atoms with Crippen LogP contribution in [0.2, 0.25) is 0 Å². The van der Waals surface area contributed by atoms with Crippen molar-refractivity contribution in [3.05, 3.63) is 45.6 Å². The summed E-state index contributed by atoms with van der Waals surface area (Å²) in [5, 5.41) is 18.2. The number of aryl methyl sites for hydroxylation is 1. The molecule has 0 aliphatic heterocycles. The highest BCUT2D eigenvalue weighted by Crippen LogP contribution is 2.29. The van der Waals surface area contributed by atoms with E-state index in [-0.39, 0.29) is 10.6 Å². The van der Waals surface area contributed by atoms with Crippen molar-refractivity contribution in [2.24, 2.45) is 0 Å². The molecule has 0 unspecified atom stereocenters. The topological polar surface area (TPSA) is 81.2 Å². The minimum absolute atomic E-state index is 0.0972. The smallest absolute Gasteiger partial charge is 0.273 e. The first-order valence-corrected chi connectivity index (χ1v) is 6.57. The van der Waals surface area contributed by atoms with Crippen LogP contribution in [0.3, 0.4) is 0 Å². The minimum Gasteiger partial charge on any atom is -0.356 e. The molecule has 1 aromatic carbocycles. The molecule has 0 spiro atoms. The quantitative estimate of drug-likeness (QED) is 0.669. The van der Waals surface area contributed by atoms with Crippen molar-refractivity contribution in [2.45, 2.75) is 32.4 Å². The van der Waals surface area contributed by atoms with Gasteiger partial charge in [0.25, 0.3) is 5.69 Å². The van der Waals surface area contributed by atoms with Crippen molar-refractivity contribution in [1.29, 1.82) is 0 Å². The van der Waals surface area contributed by atoms with E-state index in [1.165, 1.54) is 18.9 Å². The van der Waals surface area contributed by atoms with Crippen LogP contribution in [0, 0.1) is 17.0 Å². The standard InChI is InChI=1S/C14H15N3O3/c1-9-2-3-10(6-13(9)17(18)19)14-11(8-16-20-14)7-15-12-4-5-12/h2-3,6,8,12,15H,4-5,7H2,1H3. The molecule has 0 bridgehead atoms. The molecule has 1 aromatic heterocycles. The van der Waals surface area contributed by atoms with Gasteiger partial charge in [0, 0.05) is 35.3 Å². The van der Waals surface area contributed by atoms with E-state index in [1.807, 2.05) is 6.07 Å². The predicted molar refractivity (Wildman–Crippen MR) is 73.2 cm³/mol. The molecule has 0 radical (unpaired) electrons. The van der Waals surface area contributed by atoms with Crippen LogP contribution in [0.25, 0.3) is 11.3 Å². The Bertz CT molecular complexity index is 647. The van der Waals surface area contributed by atoms with E-state index in [0.717, 1.165) is 5.56 Å². The highest BCUT2D eigenvalue weighted by atomic mass is 16.6. The maximum absolute atomic E-state index is 11.0. The highest BCUT2D eigenvalue weighted by molar-refractivity contribution is 5.65. The number of nitrogens with one attached hydrogen (secondary N) is 1. The van der Waals surface area contributed by atoms with Gasteiger partial charge in [0.1, 0.15) is 0 Å². The lowest BCUT2D eigenvalue weighted by molar-refractivity contribution is -0.385. The fourth-order valence-electron chi connectivity index (χ4n) is 2.11. The van der Waals surface area contributed by atoms with Gasteiger partial charge in [0.05, 0.1) is 11.1 Å². The third-order valence-corrected chi connectivity index (χ3v) is 3.47. The molecule has 3 rings (SSSR count). The number of aromatic nitrogens is 1. The molecule has 1 aliphatic carbocycles. The Morgan fingerprint density at radius 2 is 2.30 bits per heavy atom. The van der Waals surface area contributed by atoms with Gasteiger partial charge in [-0.25, -0.2) is 0 Å². The van der Waals surface area contributed by atoms with E-state index in [0.29, 0.717) is 29.5 Å². The fraction of sp³-hybridized carbons (Fsp3) is 0.357. The molecule has 0 amide bonds. The monoisotopic (exact) mass is 273 g/mol. The third-order valence-electron chi connectivity index (χ3n) is 3.47. The molecule has 2 aromatic rings. The summed E-state index contributed by atoms with van der Waals surface area (Å²) in [5.74, 6) is 0.598. The number of nitro benzene ring substituents is 1. The molecule has 20 heavy (non-hydrogen) atoms. The van der Waals surface area contributed by atoms with Crippen LogP contribution in [0.4, 0.5) is 5.69 Å². The SMILES string of the molecule is Cc1ccc(-c2oncc2CNC2CC2)cc1[N+](=O)[O-]. The first kappa shape index (κ1) is 12.8. The van der Waals surface area contributed by atoms with Gasteiger partial charge in [-0.05, 0) is 19.8 Å². The zero-order chi connectivity index (χ0) is 14.1. The molecule has 6 heteroatoms. The molecule has 1 fully saturated rings. The maximum Gasteiger partial charge on any atom is 0.273 e. The Morgan fingerprint density at radius 3 is 3.00 bits per heavy atom. The molecule has 1 N–H and O–H groups in total. The third kappa shape index (κ3) is 2.55. The van der Waals surface area contributed by atoms with E-state index < -0.39 is 0 Å². The Morgan fingerprint density at radius 1 is 1.50 bits per heavy atom. The minimum atomic E-state index is -0.378. The summed E-state index contributed by atoms with van der Waals surface area (Å²) in [6.45, 7) is 2.39. The largest absolute Gasteiger partial charge is 0.356 e. The molecule has 104 valence electrons.